The van der Waals surface area contributed by atoms with Crippen LogP contribution in [0.1, 0.15) is 28.1 Å². The van der Waals surface area contributed by atoms with Crippen LogP contribution in [-0.4, -0.2) is 39.8 Å². The fourth-order valence-corrected chi connectivity index (χ4v) is 3.92. The van der Waals surface area contributed by atoms with Gasteiger partial charge in [-0.15, -0.1) is 11.3 Å². The van der Waals surface area contributed by atoms with Gasteiger partial charge in [-0.05, 0) is 54.6 Å². The number of nitrogens with zero attached hydrogens (tertiary/aromatic N) is 3. The van der Waals surface area contributed by atoms with Gasteiger partial charge in [0.15, 0.2) is 0 Å². The maximum Gasteiger partial charge on any atom is 0.254 e. The summed E-state index contributed by atoms with van der Waals surface area (Å²) in [5, 5.41) is 6.27. The molecule has 1 saturated heterocycles. The number of ether oxygens (including phenoxy) is 1. The summed E-state index contributed by atoms with van der Waals surface area (Å²) in [5.41, 5.74) is 1.63. The largest absolute Gasteiger partial charge is 0.376 e. The van der Waals surface area contributed by atoms with E-state index in [1.807, 2.05) is 52.9 Å². The number of hydrogen-bond acceptors (Lipinski definition) is 4. The van der Waals surface area contributed by atoms with Crippen LogP contribution in [0.3, 0.4) is 0 Å². The molecule has 1 aromatic carbocycles. The molecule has 1 unspecified atom stereocenters. The van der Waals surface area contributed by atoms with Crippen molar-refractivity contribution in [1.82, 2.24) is 14.7 Å². The zero-order chi connectivity index (χ0) is 17.8. The Bertz CT molecular complexity index is 823. The van der Waals surface area contributed by atoms with E-state index in [-0.39, 0.29) is 12.0 Å². The van der Waals surface area contributed by atoms with Crippen LogP contribution >= 0.6 is 11.3 Å². The highest BCUT2D eigenvalue weighted by molar-refractivity contribution is 7.09. The highest BCUT2D eigenvalue weighted by atomic mass is 32.1. The van der Waals surface area contributed by atoms with Crippen LogP contribution in [0, 0.1) is 0 Å². The summed E-state index contributed by atoms with van der Waals surface area (Å²) in [7, 11) is 0. The zero-order valence-corrected chi connectivity index (χ0v) is 15.3. The SMILES string of the molecule is O=C(c1ccc(-n2cccn2)cc1)N(Cc1cccs1)CC1CCCO1. The Hall–Kier alpha value is -2.44. The fourth-order valence-electron chi connectivity index (χ4n) is 3.20. The summed E-state index contributed by atoms with van der Waals surface area (Å²) >= 11 is 1.68. The van der Waals surface area contributed by atoms with Crippen molar-refractivity contribution in [3.63, 3.8) is 0 Å². The van der Waals surface area contributed by atoms with Crippen molar-refractivity contribution in [3.05, 3.63) is 70.7 Å². The van der Waals surface area contributed by atoms with Gasteiger partial charge in [-0.1, -0.05) is 6.07 Å². The van der Waals surface area contributed by atoms with Gasteiger partial charge in [-0.2, -0.15) is 5.10 Å². The molecule has 3 heterocycles. The van der Waals surface area contributed by atoms with Crippen LogP contribution in [-0.2, 0) is 11.3 Å². The van der Waals surface area contributed by atoms with Crippen LogP contribution in [0.15, 0.2) is 60.2 Å². The van der Waals surface area contributed by atoms with Crippen molar-refractivity contribution >= 4 is 17.2 Å². The molecule has 0 bridgehead atoms. The van der Waals surface area contributed by atoms with E-state index in [0.717, 1.165) is 25.1 Å². The zero-order valence-electron chi connectivity index (χ0n) is 14.5. The number of amides is 1. The second kappa shape index (κ2) is 7.85. The van der Waals surface area contributed by atoms with E-state index in [4.69, 9.17) is 4.74 Å². The molecule has 1 aliphatic heterocycles. The fraction of sp³-hybridized carbons (Fsp3) is 0.300. The molecule has 0 spiro atoms. The van der Waals surface area contributed by atoms with E-state index in [1.165, 1.54) is 4.88 Å². The standard InChI is InChI=1S/C20H21N3O2S/c24-20(16-6-8-17(9-7-16)23-11-3-10-21-23)22(14-18-4-1-12-25-18)15-19-5-2-13-26-19/h2-3,5-11,13,18H,1,4,12,14-15H2. The van der Waals surface area contributed by atoms with Crippen LogP contribution in [0.2, 0.25) is 0 Å². The van der Waals surface area contributed by atoms with Gasteiger partial charge in [-0.3, -0.25) is 4.79 Å². The summed E-state index contributed by atoms with van der Waals surface area (Å²) in [6, 6.07) is 13.6. The number of carbonyl (C=O) groups is 1. The molecule has 5 nitrogen and oxygen atoms in total. The molecule has 0 radical (unpaired) electrons. The molecule has 1 fully saturated rings. The maximum atomic E-state index is 13.1. The van der Waals surface area contributed by atoms with Gasteiger partial charge in [0.25, 0.3) is 5.91 Å². The lowest BCUT2D eigenvalue weighted by molar-refractivity contribution is 0.0509. The van der Waals surface area contributed by atoms with Gasteiger partial charge >= 0.3 is 0 Å². The average molecular weight is 367 g/mol. The van der Waals surface area contributed by atoms with E-state index >= 15 is 0 Å². The maximum absolute atomic E-state index is 13.1. The van der Waals surface area contributed by atoms with Crippen LogP contribution in [0.25, 0.3) is 5.69 Å². The summed E-state index contributed by atoms with van der Waals surface area (Å²) in [6.45, 7) is 2.05. The molecule has 0 saturated carbocycles. The third-order valence-corrected chi connectivity index (χ3v) is 5.41. The number of aromatic nitrogens is 2. The van der Waals surface area contributed by atoms with Gasteiger partial charge in [0, 0.05) is 36.0 Å². The summed E-state index contributed by atoms with van der Waals surface area (Å²) < 4.78 is 7.54. The monoisotopic (exact) mass is 367 g/mol. The molecule has 1 atom stereocenters. The van der Waals surface area contributed by atoms with Gasteiger partial charge in [0.05, 0.1) is 18.3 Å². The molecule has 2 aromatic heterocycles. The molecule has 26 heavy (non-hydrogen) atoms. The molecular formula is C20H21N3O2S. The van der Waals surface area contributed by atoms with Gasteiger partial charge in [-0.25, -0.2) is 4.68 Å². The van der Waals surface area contributed by atoms with E-state index in [2.05, 4.69) is 11.2 Å². The molecular weight excluding hydrogens is 346 g/mol. The minimum Gasteiger partial charge on any atom is -0.376 e. The highest BCUT2D eigenvalue weighted by Gasteiger charge is 2.24. The van der Waals surface area contributed by atoms with Crippen LogP contribution in [0.5, 0.6) is 0 Å². The number of benzene rings is 1. The average Bonchev–Trinajstić information content (AvgIpc) is 3.43. The van der Waals surface area contributed by atoms with Crippen molar-refractivity contribution in [1.29, 1.82) is 0 Å². The minimum atomic E-state index is 0.0425. The van der Waals surface area contributed by atoms with Crippen molar-refractivity contribution < 1.29 is 9.53 Å². The first-order chi connectivity index (χ1) is 12.8. The predicted octanol–water partition coefficient (Wildman–Crippen LogP) is 3.76. The van der Waals surface area contributed by atoms with Crippen LogP contribution < -0.4 is 0 Å². The van der Waals surface area contributed by atoms with Crippen molar-refractivity contribution in [2.24, 2.45) is 0 Å². The lowest BCUT2D eigenvalue weighted by Crippen LogP contribution is -2.36. The number of rotatable bonds is 6. The molecule has 6 heteroatoms. The van der Waals surface area contributed by atoms with Crippen molar-refractivity contribution in [2.45, 2.75) is 25.5 Å². The highest BCUT2D eigenvalue weighted by Crippen LogP contribution is 2.20. The summed E-state index contributed by atoms with van der Waals surface area (Å²) in [5.74, 6) is 0.0425. The number of hydrogen-bond donors (Lipinski definition) is 0. The Morgan fingerprint density at radius 3 is 2.81 bits per heavy atom. The second-order valence-corrected chi connectivity index (χ2v) is 7.43. The Morgan fingerprint density at radius 1 is 1.27 bits per heavy atom. The predicted molar refractivity (Wildman–Crippen MR) is 102 cm³/mol. The van der Waals surface area contributed by atoms with Crippen molar-refractivity contribution in [2.75, 3.05) is 13.2 Å². The van der Waals surface area contributed by atoms with Crippen LogP contribution in [0.4, 0.5) is 0 Å². The lowest BCUT2D eigenvalue weighted by Gasteiger charge is -2.25. The second-order valence-electron chi connectivity index (χ2n) is 6.40. The lowest BCUT2D eigenvalue weighted by atomic mass is 10.1. The summed E-state index contributed by atoms with van der Waals surface area (Å²) in [6.07, 6.45) is 5.86. The molecule has 134 valence electrons. The molecule has 0 aliphatic carbocycles. The van der Waals surface area contributed by atoms with Gasteiger partial charge in [0.1, 0.15) is 0 Å². The van der Waals surface area contributed by atoms with E-state index < -0.39 is 0 Å². The Balaban J connectivity index is 1.52. The first-order valence-electron chi connectivity index (χ1n) is 8.83. The smallest absolute Gasteiger partial charge is 0.254 e. The third kappa shape index (κ3) is 3.86. The molecule has 1 amide bonds. The topological polar surface area (TPSA) is 47.4 Å². The number of thiophene rings is 1. The quantitative estimate of drug-likeness (QED) is 0.666. The Kier molecular flexibility index (Phi) is 5.13. The Morgan fingerprint density at radius 2 is 2.15 bits per heavy atom. The van der Waals surface area contributed by atoms with E-state index in [9.17, 15) is 4.79 Å². The Labute approximate surface area is 156 Å². The molecule has 3 aromatic rings. The number of carbonyl (C=O) groups excluding carboxylic acids is 1. The van der Waals surface area contributed by atoms with E-state index in [0.29, 0.717) is 18.7 Å². The first-order valence-corrected chi connectivity index (χ1v) is 9.71. The summed E-state index contributed by atoms with van der Waals surface area (Å²) in [4.78, 5) is 16.2. The first kappa shape index (κ1) is 17.0. The van der Waals surface area contributed by atoms with Gasteiger partial charge < -0.3 is 9.64 Å². The third-order valence-electron chi connectivity index (χ3n) is 4.55. The molecule has 4 rings (SSSR count). The normalized spacial score (nSPS) is 16.7. The molecule has 1 aliphatic rings. The van der Waals surface area contributed by atoms with Crippen molar-refractivity contribution in [3.8, 4) is 5.69 Å². The molecule has 0 N–H and O–H groups in total. The minimum absolute atomic E-state index is 0.0425. The van der Waals surface area contributed by atoms with E-state index in [1.54, 1.807) is 22.2 Å². The van der Waals surface area contributed by atoms with Gasteiger partial charge in [0.2, 0.25) is 0 Å².